The third-order valence-corrected chi connectivity index (χ3v) is 8.24. The van der Waals surface area contributed by atoms with Gasteiger partial charge in [-0.25, -0.2) is 4.79 Å². The van der Waals surface area contributed by atoms with E-state index >= 15 is 0 Å². The van der Waals surface area contributed by atoms with E-state index in [1.54, 1.807) is 41.3 Å². The number of phenols is 1. The number of hydrogen-bond acceptors (Lipinski definition) is 5. The highest BCUT2D eigenvalue weighted by atomic mass is 127. The Bertz CT molecular complexity index is 1250. The smallest absolute Gasteiger partial charge is 0.390 e. The zero-order valence-electron chi connectivity index (χ0n) is 20.4. The first-order chi connectivity index (χ1) is 17.6. The lowest BCUT2D eigenvalue weighted by molar-refractivity contribution is -0.204. The number of aromatic hydroxyl groups is 1. The summed E-state index contributed by atoms with van der Waals surface area (Å²) < 4.78 is 13.7. The van der Waals surface area contributed by atoms with E-state index in [4.69, 9.17) is 9.47 Å². The van der Waals surface area contributed by atoms with Crippen molar-refractivity contribution in [2.24, 2.45) is 5.92 Å². The van der Waals surface area contributed by atoms with Crippen LogP contribution in [0.15, 0.2) is 60.7 Å². The highest BCUT2D eigenvalue weighted by Gasteiger charge is 2.53. The van der Waals surface area contributed by atoms with Gasteiger partial charge >= 0.3 is 11.8 Å². The molecule has 0 saturated carbocycles. The molecule has 4 rings (SSSR count). The molecule has 1 saturated heterocycles. The molecular weight excluding hydrogens is 700 g/mol. The number of carbonyl (C=O) groups excluding carboxylic acids is 1. The monoisotopic (exact) mass is 727 g/mol. The van der Waals surface area contributed by atoms with Crippen molar-refractivity contribution in [3.05, 3.63) is 84.5 Å². The molecule has 0 aliphatic carbocycles. The van der Waals surface area contributed by atoms with Crippen LogP contribution in [0.2, 0.25) is 0 Å². The lowest BCUT2D eigenvalue weighted by Gasteiger charge is -2.41. The lowest BCUT2D eigenvalue weighted by Crippen LogP contribution is -2.59. The highest BCUT2D eigenvalue weighted by molar-refractivity contribution is 14.1. The first kappa shape index (κ1) is 27.5. The molecule has 7 nitrogen and oxygen atoms in total. The second-order valence-corrected chi connectivity index (χ2v) is 11.4. The topological polar surface area (TPSA) is 96.3 Å². The van der Waals surface area contributed by atoms with Crippen LogP contribution in [-0.2, 0) is 4.79 Å². The average Bonchev–Trinajstić information content (AvgIpc) is 2.88. The SMILES string of the molecule is Cc1ccccc1OC(Oc1ccccc1C)(C(=O)O)C1CCN(C(=O)c2cc(I)c(O)c(I)c2)CC1. The molecule has 0 radical (unpaired) electrons. The fourth-order valence-corrected chi connectivity index (χ4v) is 6.22. The molecule has 0 bridgehead atoms. The van der Waals surface area contributed by atoms with Gasteiger partial charge in [-0.3, -0.25) is 4.79 Å². The summed E-state index contributed by atoms with van der Waals surface area (Å²) in [5.41, 5.74) is 2.08. The number of carboxylic acids is 1. The van der Waals surface area contributed by atoms with Crippen LogP contribution < -0.4 is 9.47 Å². The molecule has 0 aromatic heterocycles. The van der Waals surface area contributed by atoms with E-state index in [9.17, 15) is 19.8 Å². The normalized spacial score (nSPS) is 14.3. The minimum Gasteiger partial charge on any atom is -0.506 e. The first-order valence-corrected chi connectivity index (χ1v) is 14.0. The lowest BCUT2D eigenvalue weighted by atomic mass is 9.87. The fraction of sp³-hybridized carbons (Fsp3) is 0.286. The largest absolute Gasteiger partial charge is 0.506 e. The molecule has 3 aromatic carbocycles. The van der Waals surface area contributed by atoms with Crippen molar-refractivity contribution in [2.45, 2.75) is 32.5 Å². The molecule has 2 N–H and O–H groups in total. The summed E-state index contributed by atoms with van der Waals surface area (Å²) in [5, 5.41) is 20.6. The molecule has 0 atom stereocenters. The molecular formula is C28H27I2NO6. The molecule has 1 amide bonds. The Morgan fingerprint density at radius 3 is 1.78 bits per heavy atom. The molecule has 37 heavy (non-hydrogen) atoms. The molecule has 9 heteroatoms. The van der Waals surface area contributed by atoms with Gasteiger partial charge in [0.05, 0.1) is 13.1 Å². The first-order valence-electron chi connectivity index (χ1n) is 11.8. The van der Waals surface area contributed by atoms with Crippen molar-refractivity contribution in [1.29, 1.82) is 0 Å². The van der Waals surface area contributed by atoms with Crippen molar-refractivity contribution < 1.29 is 29.3 Å². The summed E-state index contributed by atoms with van der Waals surface area (Å²) in [6.07, 6.45) is 0.754. The van der Waals surface area contributed by atoms with E-state index < -0.39 is 17.7 Å². The van der Waals surface area contributed by atoms with Crippen molar-refractivity contribution >= 4 is 57.1 Å². The summed E-state index contributed by atoms with van der Waals surface area (Å²) >= 11 is 4.01. The zero-order chi connectivity index (χ0) is 26.7. The molecule has 1 aliphatic rings. The van der Waals surface area contributed by atoms with Crippen LogP contribution in [0.1, 0.15) is 34.3 Å². The Kier molecular flexibility index (Phi) is 8.52. The fourth-order valence-electron chi connectivity index (χ4n) is 4.45. The summed E-state index contributed by atoms with van der Waals surface area (Å²) in [6.45, 7) is 4.41. The highest BCUT2D eigenvalue weighted by Crippen LogP contribution is 2.38. The van der Waals surface area contributed by atoms with Crippen molar-refractivity contribution in [2.75, 3.05) is 13.1 Å². The molecule has 194 valence electrons. The maximum atomic E-state index is 13.2. The van der Waals surface area contributed by atoms with Gasteiger partial charge in [0, 0.05) is 18.7 Å². The summed E-state index contributed by atoms with van der Waals surface area (Å²) in [4.78, 5) is 27.9. The van der Waals surface area contributed by atoms with Crippen LogP contribution >= 0.6 is 45.2 Å². The van der Waals surface area contributed by atoms with Crippen LogP contribution in [0.4, 0.5) is 0 Å². The van der Waals surface area contributed by atoms with Crippen LogP contribution in [0.25, 0.3) is 0 Å². The number of nitrogens with zero attached hydrogens (tertiary/aromatic N) is 1. The summed E-state index contributed by atoms with van der Waals surface area (Å²) in [5.74, 6) is -2.84. The Labute approximate surface area is 243 Å². The van der Waals surface area contributed by atoms with E-state index in [0.29, 0.717) is 50.1 Å². The average molecular weight is 727 g/mol. The van der Waals surface area contributed by atoms with E-state index in [1.807, 2.05) is 83.3 Å². The second kappa shape index (κ2) is 11.5. The van der Waals surface area contributed by atoms with Crippen LogP contribution in [0.5, 0.6) is 17.2 Å². The van der Waals surface area contributed by atoms with Crippen molar-refractivity contribution in [1.82, 2.24) is 4.90 Å². The molecule has 1 heterocycles. The Balaban J connectivity index is 1.63. The number of para-hydroxylation sites is 2. The number of carbonyl (C=O) groups is 2. The number of piperidine rings is 1. The number of hydrogen-bond donors (Lipinski definition) is 2. The third kappa shape index (κ3) is 5.82. The van der Waals surface area contributed by atoms with Gasteiger partial charge < -0.3 is 24.6 Å². The molecule has 1 aliphatic heterocycles. The van der Waals surface area contributed by atoms with Crippen LogP contribution in [0, 0.1) is 26.9 Å². The number of benzene rings is 3. The number of rotatable bonds is 7. The molecule has 0 unspecified atom stereocenters. The molecule has 3 aromatic rings. The number of likely N-dealkylation sites (tertiary alicyclic amines) is 1. The zero-order valence-corrected chi connectivity index (χ0v) is 24.7. The van der Waals surface area contributed by atoms with Gasteiger partial charge in [0.15, 0.2) is 0 Å². The van der Waals surface area contributed by atoms with Gasteiger partial charge in [0.25, 0.3) is 5.91 Å². The number of phenolic OH excluding ortho intramolecular Hbond substituents is 1. The van der Waals surface area contributed by atoms with Crippen molar-refractivity contribution in [3.8, 4) is 17.2 Å². The Hall–Kier alpha value is -2.54. The second-order valence-electron chi connectivity index (χ2n) is 9.06. The van der Waals surface area contributed by atoms with Gasteiger partial charge in [-0.15, -0.1) is 0 Å². The predicted octanol–water partition coefficient (Wildman–Crippen LogP) is 6.01. The molecule has 1 fully saturated rings. The minimum atomic E-state index is -1.98. The maximum Gasteiger partial charge on any atom is 0.390 e. The van der Waals surface area contributed by atoms with Gasteiger partial charge in [-0.05, 0) is 107 Å². The number of ether oxygens (including phenoxy) is 2. The Morgan fingerprint density at radius 1 is 0.892 bits per heavy atom. The number of amides is 1. The third-order valence-electron chi connectivity index (χ3n) is 6.59. The van der Waals surface area contributed by atoms with Crippen LogP contribution in [-0.4, -0.2) is 45.9 Å². The number of halogens is 2. The van der Waals surface area contributed by atoms with E-state index in [2.05, 4.69) is 0 Å². The number of aryl methyl sites for hydroxylation is 2. The number of carboxylic acid groups (broad SMARTS) is 1. The summed E-state index contributed by atoms with van der Waals surface area (Å²) in [6, 6.07) is 17.8. The van der Waals surface area contributed by atoms with Gasteiger partial charge in [0.1, 0.15) is 17.2 Å². The Morgan fingerprint density at radius 2 is 1.35 bits per heavy atom. The van der Waals surface area contributed by atoms with Crippen LogP contribution in [0.3, 0.4) is 0 Å². The van der Waals surface area contributed by atoms with Crippen molar-refractivity contribution in [3.63, 3.8) is 0 Å². The number of aliphatic carboxylic acids is 1. The maximum absolute atomic E-state index is 13.2. The van der Waals surface area contributed by atoms with Gasteiger partial charge in [-0.1, -0.05) is 36.4 Å². The quantitative estimate of drug-likeness (QED) is 0.229. The predicted molar refractivity (Wildman–Crippen MR) is 156 cm³/mol. The molecule has 0 spiro atoms. The standard InChI is InChI=1S/C28H27I2NO6/c1-17-7-3-5-9-23(17)36-28(27(34)35,37-24-10-6-4-8-18(24)2)20-11-13-31(14-12-20)26(33)19-15-21(29)25(32)22(30)16-19/h3-10,15-16,20,32H,11-14H2,1-2H3,(H,34,35). The van der Waals surface area contributed by atoms with E-state index in [0.717, 1.165) is 11.1 Å². The minimum absolute atomic E-state index is 0.157. The van der Waals surface area contributed by atoms with Gasteiger partial charge in [-0.2, -0.15) is 0 Å². The summed E-state index contributed by atoms with van der Waals surface area (Å²) in [7, 11) is 0. The van der Waals surface area contributed by atoms with E-state index in [1.165, 1.54) is 0 Å². The van der Waals surface area contributed by atoms with E-state index in [-0.39, 0.29) is 11.7 Å². The van der Waals surface area contributed by atoms with Gasteiger partial charge in [0.2, 0.25) is 0 Å².